The number of aromatic nitrogens is 1. The molecule has 4 rings (SSSR count). The van der Waals surface area contributed by atoms with E-state index >= 15 is 0 Å². The van der Waals surface area contributed by atoms with Gasteiger partial charge in [0.1, 0.15) is 0 Å². The lowest BCUT2D eigenvalue weighted by atomic mass is 10.2. The summed E-state index contributed by atoms with van der Waals surface area (Å²) in [5.74, 6) is -0.00310. The van der Waals surface area contributed by atoms with Crippen molar-refractivity contribution in [2.75, 3.05) is 11.9 Å². The van der Waals surface area contributed by atoms with Gasteiger partial charge in [0.05, 0.1) is 11.4 Å². The minimum atomic E-state index is -3.40. The SMILES string of the molecule is O=C(Nc1nc2c(s1)CN(S(=O)(=O)Cc1ccccc1)CC2)NC1CCCC1. The fraction of sp³-hybridized carbons (Fsp3) is 0.474. The molecular weight excluding hydrogens is 396 g/mol. The van der Waals surface area contributed by atoms with E-state index in [9.17, 15) is 13.2 Å². The van der Waals surface area contributed by atoms with Crippen LogP contribution in [0.3, 0.4) is 0 Å². The summed E-state index contributed by atoms with van der Waals surface area (Å²) in [5.41, 5.74) is 1.66. The number of nitrogens with zero attached hydrogens (tertiary/aromatic N) is 2. The van der Waals surface area contributed by atoms with Crippen LogP contribution >= 0.6 is 11.3 Å². The third kappa shape index (κ3) is 4.53. The average molecular weight is 421 g/mol. The first kappa shape index (κ1) is 19.4. The number of sulfonamides is 1. The molecule has 1 saturated carbocycles. The van der Waals surface area contributed by atoms with Gasteiger partial charge in [-0.2, -0.15) is 4.31 Å². The Morgan fingerprint density at radius 1 is 1.21 bits per heavy atom. The van der Waals surface area contributed by atoms with E-state index in [0.717, 1.165) is 41.8 Å². The number of hydrogen-bond acceptors (Lipinski definition) is 5. The molecule has 1 aromatic heterocycles. The van der Waals surface area contributed by atoms with Gasteiger partial charge in [-0.25, -0.2) is 18.2 Å². The first-order valence-electron chi connectivity index (χ1n) is 9.57. The third-order valence-electron chi connectivity index (χ3n) is 5.19. The van der Waals surface area contributed by atoms with E-state index in [0.29, 0.717) is 24.6 Å². The maximum absolute atomic E-state index is 12.8. The van der Waals surface area contributed by atoms with Crippen molar-refractivity contribution >= 4 is 32.5 Å². The number of fused-ring (bicyclic) bond motifs is 1. The Labute approximate surface area is 169 Å². The Balaban J connectivity index is 1.39. The predicted molar refractivity (Wildman–Crippen MR) is 110 cm³/mol. The van der Waals surface area contributed by atoms with Gasteiger partial charge in [0.2, 0.25) is 10.0 Å². The number of rotatable bonds is 5. The smallest absolute Gasteiger partial charge is 0.321 e. The molecule has 1 aliphatic carbocycles. The van der Waals surface area contributed by atoms with E-state index in [1.807, 2.05) is 30.3 Å². The molecule has 9 heteroatoms. The summed E-state index contributed by atoms with van der Waals surface area (Å²) in [6, 6.07) is 9.22. The van der Waals surface area contributed by atoms with Crippen molar-refractivity contribution in [3.05, 3.63) is 46.5 Å². The van der Waals surface area contributed by atoms with Gasteiger partial charge in [0.15, 0.2) is 5.13 Å². The second kappa shape index (κ2) is 8.18. The molecule has 2 amide bonds. The van der Waals surface area contributed by atoms with Crippen molar-refractivity contribution in [2.24, 2.45) is 0 Å². The summed E-state index contributed by atoms with van der Waals surface area (Å²) < 4.78 is 27.1. The van der Waals surface area contributed by atoms with Gasteiger partial charge in [0.25, 0.3) is 0 Å². The second-order valence-corrected chi connectivity index (χ2v) is 10.3. The number of anilines is 1. The fourth-order valence-corrected chi connectivity index (χ4v) is 6.32. The molecule has 0 bridgehead atoms. The molecule has 0 radical (unpaired) electrons. The third-order valence-corrected chi connectivity index (χ3v) is 7.99. The summed E-state index contributed by atoms with van der Waals surface area (Å²) >= 11 is 1.36. The standard InChI is InChI=1S/C19H24N4O3S2/c24-18(20-15-8-4-5-9-15)22-19-21-16-10-11-23(12-17(16)27-19)28(25,26)13-14-6-2-1-3-7-14/h1-3,6-7,15H,4-5,8-13H2,(H2,20,21,22,24). The van der Waals surface area contributed by atoms with Gasteiger partial charge < -0.3 is 5.32 Å². The summed E-state index contributed by atoms with van der Waals surface area (Å²) in [4.78, 5) is 17.5. The molecule has 0 spiro atoms. The molecule has 1 fully saturated rings. The van der Waals surface area contributed by atoms with E-state index in [1.54, 1.807) is 0 Å². The molecule has 0 unspecified atom stereocenters. The van der Waals surface area contributed by atoms with Crippen molar-refractivity contribution in [1.82, 2.24) is 14.6 Å². The van der Waals surface area contributed by atoms with Crippen LogP contribution in [-0.2, 0) is 28.7 Å². The average Bonchev–Trinajstić information content (AvgIpc) is 3.30. The lowest BCUT2D eigenvalue weighted by Crippen LogP contribution is -2.36. The zero-order valence-corrected chi connectivity index (χ0v) is 17.2. The van der Waals surface area contributed by atoms with Crippen LogP contribution in [-0.4, -0.2) is 36.3 Å². The molecule has 1 aromatic carbocycles. The summed E-state index contributed by atoms with van der Waals surface area (Å²) in [6.07, 6.45) is 4.92. The Morgan fingerprint density at radius 3 is 2.71 bits per heavy atom. The number of thiazole rings is 1. The largest absolute Gasteiger partial charge is 0.335 e. The lowest BCUT2D eigenvalue weighted by Gasteiger charge is -2.25. The number of benzene rings is 1. The molecule has 7 nitrogen and oxygen atoms in total. The molecule has 2 N–H and O–H groups in total. The maximum Gasteiger partial charge on any atom is 0.321 e. The Hall–Kier alpha value is -1.97. The Bertz CT molecular complexity index is 937. The van der Waals surface area contributed by atoms with Gasteiger partial charge in [-0.1, -0.05) is 54.5 Å². The van der Waals surface area contributed by atoms with Crippen LogP contribution in [0.15, 0.2) is 30.3 Å². The number of urea groups is 1. The van der Waals surface area contributed by atoms with E-state index in [-0.39, 0.29) is 17.8 Å². The number of amides is 2. The minimum absolute atomic E-state index is 0.00310. The molecule has 2 heterocycles. The lowest BCUT2D eigenvalue weighted by molar-refractivity contribution is 0.248. The highest BCUT2D eigenvalue weighted by Crippen LogP contribution is 2.30. The second-order valence-electron chi connectivity index (χ2n) is 7.29. The van der Waals surface area contributed by atoms with Gasteiger partial charge in [-0.3, -0.25) is 5.32 Å². The van der Waals surface area contributed by atoms with Crippen LogP contribution in [0.5, 0.6) is 0 Å². The van der Waals surface area contributed by atoms with E-state index in [2.05, 4.69) is 15.6 Å². The Morgan fingerprint density at radius 2 is 1.96 bits per heavy atom. The van der Waals surface area contributed by atoms with E-state index < -0.39 is 10.0 Å². The monoisotopic (exact) mass is 420 g/mol. The summed E-state index contributed by atoms with van der Waals surface area (Å²) in [5, 5.41) is 6.32. The molecule has 1 aliphatic heterocycles. The van der Waals surface area contributed by atoms with Crippen LogP contribution in [0, 0.1) is 0 Å². The first-order chi connectivity index (χ1) is 13.5. The van der Waals surface area contributed by atoms with E-state index in [1.165, 1.54) is 15.6 Å². The van der Waals surface area contributed by atoms with Crippen molar-refractivity contribution in [3.63, 3.8) is 0 Å². The molecule has 2 aromatic rings. The quantitative estimate of drug-likeness (QED) is 0.778. The van der Waals surface area contributed by atoms with Gasteiger partial charge >= 0.3 is 6.03 Å². The zero-order chi connectivity index (χ0) is 19.6. The topological polar surface area (TPSA) is 91.4 Å². The van der Waals surface area contributed by atoms with E-state index in [4.69, 9.17) is 0 Å². The van der Waals surface area contributed by atoms with Crippen molar-refractivity contribution < 1.29 is 13.2 Å². The van der Waals surface area contributed by atoms with Gasteiger partial charge in [-0.15, -0.1) is 0 Å². The first-order valence-corrected chi connectivity index (χ1v) is 12.0. The number of carbonyl (C=O) groups is 1. The van der Waals surface area contributed by atoms with Crippen LogP contribution in [0.4, 0.5) is 9.93 Å². The normalized spacial score (nSPS) is 18.0. The molecule has 0 saturated heterocycles. The van der Waals surface area contributed by atoms with Crippen LogP contribution in [0.25, 0.3) is 0 Å². The summed E-state index contributed by atoms with van der Waals surface area (Å²) in [7, 11) is -3.40. The highest BCUT2D eigenvalue weighted by atomic mass is 32.2. The molecule has 0 atom stereocenters. The van der Waals surface area contributed by atoms with Gasteiger partial charge in [0, 0.05) is 30.4 Å². The fourth-order valence-electron chi connectivity index (χ4n) is 3.73. The maximum atomic E-state index is 12.8. The highest BCUT2D eigenvalue weighted by molar-refractivity contribution is 7.88. The molecule has 150 valence electrons. The van der Waals surface area contributed by atoms with Crippen molar-refractivity contribution in [2.45, 2.75) is 50.4 Å². The Kier molecular flexibility index (Phi) is 5.65. The molecule has 2 aliphatic rings. The number of nitrogens with one attached hydrogen (secondary N) is 2. The summed E-state index contributed by atoms with van der Waals surface area (Å²) in [6.45, 7) is 0.730. The van der Waals surface area contributed by atoms with Crippen LogP contribution < -0.4 is 10.6 Å². The predicted octanol–water partition coefficient (Wildman–Crippen LogP) is 3.10. The number of hydrogen-bond donors (Lipinski definition) is 2. The highest BCUT2D eigenvalue weighted by Gasteiger charge is 2.29. The van der Waals surface area contributed by atoms with Gasteiger partial charge in [-0.05, 0) is 18.4 Å². The number of carbonyl (C=O) groups excluding carboxylic acids is 1. The molecular formula is C19H24N4O3S2. The van der Waals surface area contributed by atoms with Crippen molar-refractivity contribution in [1.29, 1.82) is 0 Å². The minimum Gasteiger partial charge on any atom is -0.335 e. The molecule has 28 heavy (non-hydrogen) atoms. The van der Waals surface area contributed by atoms with Crippen LogP contribution in [0.2, 0.25) is 0 Å². The zero-order valence-electron chi connectivity index (χ0n) is 15.6. The van der Waals surface area contributed by atoms with Crippen molar-refractivity contribution in [3.8, 4) is 0 Å². The van der Waals surface area contributed by atoms with Crippen LogP contribution in [0.1, 0.15) is 41.8 Å².